The van der Waals surface area contributed by atoms with E-state index in [0.29, 0.717) is 23.7 Å². The third-order valence-corrected chi connectivity index (χ3v) is 20.7. The number of pyridine rings is 2. The number of ether oxygens (including phenoxy) is 2. The van der Waals surface area contributed by atoms with Gasteiger partial charge in [0.15, 0.2) is 0 Å². The molecule has 10 aliphatic rings. The fraction of sp³-hybridized carbons (Fsp3) is 0.544. The summed E-state index contributed by atoms with van der Waals surface area (Å²) in [6, 6.07) is 18.4. The number of benzene rings is 2. The Labute approximate surface area is 391 Å². The predicted molar refractivity (Wildman–Crippen MR) is 261 cm³/mol. The number of hydrogen-bond donors (Lipinski definition) is 2. The Morgan fingerprint density at radius 2 is 1.15 bits per heavy atom. The fourth-order valence-electron chi connectivity index (χ4n) is 17.0. The highest BCUT2D eigenvalue weighted by Crippen LogP contribution is 2.71. The first-order valence-corrected chi connectivity index (χ1v) is 27.3. The highest BCUT2D eigenvalue weighted by molar-refractivity contribution is 7.88. The molecule has 0 radical (unpaired) electrons. The van der Waals surface area contributed by atoms with Crippen LogP contribution < -0.4 is 10.5 Å². The number of sulfonamides is 1. The van der Waals surface area contributed by atoms with Gasteiger partial charge in [-0.3, -0.25) is 9.97 Å². The van der Waals surface area contributed by atoms with E-state index in [1.165, 1.54) is 93.3 Å². The molecule has 6 heterocycles. The van der Waals surface area contributed by atoms with Crippen molar-refractivity contribution in [3.8, 4) is 0 Å². The summed E-state index contributed by atoms with van der Waals surface area (Å²) < 4.78 is 41.3. The average molecular weight is 903 g/mol. The molecule has 0 amide bonds. The zero-order valence-corrected chi connectivity index (χ0v) is 39.8. The lowest BCUT2D eigenvalue weighted by molar-refractivity contribution is -0.135. The summed E-state index contributed by atoms with van der Waals surface area (Å²) in [4.78, 5) is 8.71. The number of nitrogens with one attached hydrogen (secondary N) is 1. The molecular weight excluding hydrogens is 837 g/mol. The van der Waals surface area contributed by atoms with E-state index in [1.54, 1.807) is 0 Å². The molecule has 2 aromatic heterocycles. The third kappa shape index (κ3) is 6.10. The number of nitrogens with zero attached hydrogens (tertiary/aromatic N) is 2. The number of fused-ring (bicyclic) bond motifs is 4. The summed E-state index contributed by atoms with van der Waals surface area (Å²) in [6.45, 7) is 5.04. The van der Waals surface area contributed by atoms with Crippen molar-refractivity contribution in [1.29, 1.82) is 0 Å². The van der Waals surface area contributed by atoms with E-state index in [4.69, 9.17) is 15.2 Å². The van der Waals surface area contributed by atoms with Crippen molar-refractivity contribution < 1.29 is 17.9 Å². The minimum Gasteiger partial charge on any atom is -0.359 e. The van der Waals surface area contributed by atoms with Gasteiger partial charge in [-0.1, -0.05) is 62.4 Å². The van der Waals surface area contributed by atoms with E-state index in [2.05, 4.69) is 101 Å². The molecule has 6 fully saturated rings. The number of rotatable bonds is 4. The minimum atomic E-state index is -3.23. The van der Waals surface area contributed by atoms with Crippen LogP contribution in [-0.2, 0) is 19.5 Å². The summed E-state index contributed by atoms with van der Waals surface area (Å²) in [5.41, 5.74) is 14.9. The van der Waals surface area contributed by atoms with Crippen LogP contribution in [0.1, 0.15) is 140 Å². The Morgan fingerprint density at radius 1 is 0.636 bits per heavy atom. The first-order valence-electron chi connectivity index (χ1n) is 25.4. The van der Waals surface area contributed by atoms with Gasteiger partial charge in [0.05, 0.1) is 28.7 Å². The third-order valence-electron chi connectivity index (χ3n) is 19.9. The van der Waals surface area contributed by atoms with Crippen molar-refractivity contribution in [3.63, 3.8) is 0 Å². The van der Waals surface area contributed by atoms with Gasteiger partial charge >= 0.3 is 0 Å². The van der Waals surface area contributed by atoms with Crippen LogP contribution in [0.5, 0.6) is 0 Å². The van der Waals surface area contributed by atoms with Crippen LogP contribution >= 0.6 is 0 Å². The molecule has 344 valence electrons. The lowest BCUT2D eigenvalue weighted by Gasteiger charge is -2.54. The second kappa shape index (κ2) is 14.5. The van der Waals surface area contributed by atoms with Gasteiger partial charge in [-0.15, -0.1) is 0 Å². The maximum absolute atomic E-state index is 12.0. The smallest absolute Gasteiger partial charge is 0.208 e. The standard InChI is InChI=1S/C29H34N2O3S.C28H32N2O/c1-27-11-9-23-16-22-5-6-24(31-35(2,32)33)17-28(22)12-13-29(23,34-28)26(27)8-7-25(27)20-4-3-19-10-14-30-18-21(19)15-20;1-26-10-8-22-15-21-4-5-23(29)16-27(21)11-12-28(22,31-27)25(26)7-6-24(26)19-3-2-18-9-13-30-17-20(18)14-19/h3-4,9-10,14-16,18,24-26,31H,5-8,11-13,17H2,1-2H3;2-3,8-9,13-15,17,23-25H,4-7,10-12,16,29H2,1H3/t24-,25-,26-,27-,28-,29?;23-,24-,25-,26-,27-,28?/m11/s1. The molecular formula is C57H66N4O4S. The average Bonchev–Trinajstić information content (AvgIpc) is 4.03. The van der Waals surface area contributed by atoms with E-state index in [1.807, 2.05) is 24.8 Å². The zero-order chi connectivity index (χ0) is 44.9. The molecule has 2 aromatic carbocycles. The van der Waals surface area contributed by atoms with Crippen molar-refractivity contribution in [3.05, 3.63) is 131 Å². The topological polar surface area (TPSA) is 116 Å². The van der Waals surface area contributed by atoms with Crippen molar-refractivity contribution in [2.75, 3.05) is 6.26 Å². The van der Waals surface area contributed by atoms with Crippen molar-refractivity contribution in [2.45, 2.75) is 163 Å². The van der Waals surface area contributed by atoms with Gasteiger partial charge < -0.3 is 15.2 Å². The number of nitrogens with two attached hydrogens (primary N) is 1. The molecule has 2 saturated heterocycles. The van der Waals surface area contributed by atoms with Crippen LogP contribution in [0, 0.1) is 22.7 Å². The first kappa shape index (κ1) is 42.1. The largest absolute Gasteiger partial charge is 0.359 e. The predicted octanol–water partition coefficient (Wildman–Crippen LogP) is 11.2. The molecule has 4 aromatic rings. The van der Waals surface area contributed by atoms with Gasteiger partial charge in [-0.25, -0.2) is 13.1 Å². The Morgan fingerprint density at radius 3 is 1.68 bits per heavy atom. The van der Waals surface area contributed by atoms with Crippen molar-refractivity contribution in [2.24, 2.45) is 28.4 Å². The molecule has 8 nitrogen and oxygen atoms in total. The van der Waals surface area contributed by atoms with Crippen LogP contribution in [0.25, 0.3) is 21.5 Å². The van der Waals surface area contributed by atoms with Gasteiger partial charge in [0.2, 0.25) is 10.0 Å². The number of aromatic nitrogens is 2. The second-order valence-electron chi connectivity index (χ2n) is 23.2. The SMILES string of the molecule is C[C@]12CC=C3C=C4CC[C@@H](N)C[C@]45CCC3(O5)[C@@H]1CC[C@@H]2c1ccc2ccncc2c1.C[C@]12CC=C3C=C4CC[C@@H](NS(C)(=O)=O)C[C@]45CCC3(O5)[C@@H]1CC[C@@H]2c1ccc2ccncc2c1. The van der Waals surface area contributed by atoms with E-state index < -0.39 is 10.0 Å². The maximum Gasteiger partial charge on any atom is 0.208 e. The molecule has 6 aliphatic carbocycles. The van der Waals surface area contributed by atoms with Crippen molar-refractivity contribution in [1.82, 2.24) is 14.7 Å². The fourth-order valence-corrected chi connectivity index (χ4v) is 17.8. The molecule has 3 N–H and O–H groups in total. The summed E-state index contributed by atoms with van der Waals surface area (Å²) in [7, 11) is -3.23. The monoisotopic (exact) mass is 902 g/mol. The zero-order valence-electron chi connectivity index (χ0n) is 39.0. The molecule has 12 atom stereocenters. The Bertz CT molecular complexity index is 2940. The normalized spacial score (nSPS) is 41.5. The minimum absolute atomic E-state index is 0.0414. The molecule has 66 heavy (non-hydrogen) atoms. The lowest BCUT2D eigenvalue weighted by atomic mass is 9.58. The van der Waals surface area contributed by atoms with Gasteiger partial charge in [0.1, 0.15) is 0 Å². The summed E-state index contributed by atoms with van der Waals surface area (Å²) in [6.07, 6.45) is 36.3. The Kier molecular flexibility index (Phi) is 9.27. The van der Waals surface area contributed by atoms with E-state index >= 15 is 0 Å². The van der Waals surface area contributed by atoms with Gasteiger partial charge in [-0.2, -0.15) is 0 Å². The highest BCUT2D eigenvalue weighted by Gasteiger charge is 2.68. The number of hydrogen-bond acceptors (Lipinski definition) is 7. The van der Waals surface area contributed by atoms with Gasteiger partial charge in [0, 0.05) is 47.6 Å². The van der Waals surface area contributed by atoms with Crippen LogP contribution in [0.4, 0.5) is 0 Å². The molecule has 4 aliphatic heterocycles. The molecule has 4 saturated carbocycles. The van der Waals surface area contributed by atoms with Crippen LogP contribution in [0.3, 0.4) is 0 Å². The molecule has 14 rings (SSSR count). The molecule has 4 spiro atoms. The van der Waals surface area contributed by atoms with E-state index in [0.717, 1.165) is 70.6 Å². The summed E-state index contributed by atoms with van der Waals surface area (Å²) in [5, 5.41) is 5.00. The highest BCUT2D eigenvalue weighted by atomic mass is 32.2. The summed E-state index contributed by atoms with van der Waals surface area (Å²) >= 11 is 0. The summed E-state index contributed by atoms with van der Waals surface area (Å²) in [5.74, 6) is 2.14. The van der Waals surface area contributed by atoms with Crippen molar-refractivity contribution >= 4 is 31.6 Å². The van der Waals surface area contributed by atoms with Crippen LogP contribution in [0.2, 0.25) is 0 Å². The number of allylic oxidation sites excluding steroid dienone is 2. The maximum atomic E-state index is 12.0. The van der Waals surface area contributed by atoms with Crippen LogP contribution in [0.15, 0.2) is 120 Å². The Hall–Kier alpha value is -3.99. The van der Waals surface area contributed by atoms with Gasteiger partial charge in [-0.05, 0) is 206 Å². The molecule has 4 bridgehead atoms. The molecule has 9 heteroatoms. The molecule has 2 unspecified atom stereocenters. The first-order chi connectivity index (χ1) is 31.7. The van der Waals surface area contributed by atoms with E-state index in [-0.39, 0.29) is 45.3 Å². The van der Waals surface area contributed by atoms with Crippen LogP contribution in [-0.4, -0.2) is 59.1 Å². The van der Waals surface area contributed by atoms with Gasteiger partial charge in [0.25, 0.3) is 0 Å². The lowest BCUT2D eigenvalue weighted by Crippen LogP contribution is -2.55. The van der Waals surface area contributed by atoms with E-state index in [9.17, 15) is 8.42 Å². The quantitative estimate of drug-likeness (QED) is 0.209. The Balaban J connectivity index is 0.000000133. The second-order valence-corrected chi connectivity index (χ2v) is 25.0.